The minimum atomic E-state index is -0.211. The van der Waals surface area contributed by atoms with Gasteiger partial charge in [-0.2, -0.15) is 5.10 Å². The van der Waals surface area contributed by atoms with Gasteiger partial charge < -0.3 is 10.1 Å². The molecule has 2 heterocycles. The van der Waals surface area contributed by atoms with Gasteiger partial charge in [-0.25, -0.2) is 9.67 Å². The maximum atomic E-state index is 12.8. The van der Waals surface area contributed by atoms with Crippen LogP contribution in [0.3, 0.4) is 0 Å². The van der Waals surface area contributed by atoms with Gasteiger partial charge in [0, 0.05) is 19.5 Å². The molecule has 0 aliphatic heterocycles. The number of nitrogens with zero attached hydrogens (tertiary/aromatic N) is 4. The van der Waals surface area contributed by atoms with Crippen molar-refractivity contribution in [1.29, 1.82) is 0 Å². The van der Waals surface area contributed by atoms with Crippen molar-refractivity contribution >= 4 is 16.9 Å². The molecule has 0 unspecified atom stereocenters. The minimum Gasteiger partial charge on any atom is -0.497 e. The van der Waals surface area contributed by atoms with Gasteiger partial charge in [0.2, 0.25) is 5.91 Å². The predicted octanol–water partition coefficient (Wildman–Crippen LogP) is 2.65. The smallest absolute Gasteiger partial charge is 0.264 e. The van der Waals surface area contributed by atoms with Crippen molar-refractivity contribution in [3.05, 3.63) is 82.5 Å². The lowest BCUT2D eigenvalue weighted by atomic mass is 10.1. The molecule has 0 bridgehead atoms. The molecule has 4 rings (SSSR count). The third kappa shape index (κ3) is 4.69. The van der Waals surface area contributed by atoms with E-state index in [2.05, 4.69) is 15.4 Å². The van der Waals surface area contributed by atoms with E-state index in [4.69, 9.17) is 4.74 Å². The zero-order valence-electron chi connectivity index (χ0n) is 18.1. The lowest BCUT2D eigenvalue weighted by Gasteiger charge is -2.08. The first-order valence-electron chi connectivity index (χ1n) is 10.4. The van der Waals surface area contributed by atoms with Crippen LogP contribution in [-0.4, -0.2) is 38.9 Å². The van der Waals surface area contributed by atoms with Gasteiger partial charge in [0.05, 0.1) is 25.3 Å². The highest BCUT2D eigenvalue weighted by Crippen LogP contribution is 2.14. The Hall–Kier alpha value is -3.94. The van der Waals surface area contributed by atoms with Gasteiger partial charge in [-0.1, -0.05) is 29.8 Å². The van der Waals surface area contributed by atoms with Crippen LogP contribution in [0.15, 0.2) is 65.8 Å². The molecule has 2 aromatic heterocycles. The van der Waals surface area contributed by atoms with E-state index in [0.29, 0.717) is 24.0 Å². The van der Waals surface area contributed by atoms with Gasteiger partial charge in [0.25, 0.3) is 5.56 Å². The third-order valence-corrected chi connectivity index (χ3v) is 5.28. The summed E-state index contributed by atoms with van der Waals surface area (Å²) in [5.74, 6) is 0.678. The molecular formula is C24H25N5O3. The van der Waals surface area contributed by atoms with E-state index < -0.39 is 0 Å². The molecule has 0 spiro atoms. The molecular weight excluding hydrogens is 406 g/mol. The average Bonchev–Trinajstić information content (AvgIpc) is 3.24. The van der Waals surface area contributed by atoms with Gasteiger partial charge in [0.1, 0.15) is 11.1 Å². The number of hydrogen-bond acceptors (Lipinski definition) is 5. The molecule has 0 saturated heterocycles. The number of carbonyl (C=O) groups excluding carboxylic acids is 1. The monoisotopic (exact) mass is 431 g/mol. The Kier molecular flexibility index (Phi) is 6.30. The first-order valence-corrected chi connectivity index (χ1v) is 10.4. The second-order valence-electron chi connectivity index (χ2n) is 7.57. The van der Waals surface area contributed by atoms with Crippen molar-refractivity contribution in [2.45, 2.75) is 26.3 Å². The Morgan fingerprint density at radius 2 is 1.97 bits per heavy atom. The number of ether oxygens (including phenoxy) is 1. The highest BCUT2D eigenvalue weighted by atomic mass is 16.5. The van der Waals surface area contributed by atoms with Crippen LogP contribution in [0.2, 0.25) is 0 Å². The summed E-state index contributed by atoms with van der Waals surface area (Å²) in [6.07, 6.45) is 3.89. The molecule has 8 nitrogen and oxygen atoms in total. The fraction of sp³-hybridized carbons (Fsp3) is 0.250. The standard InChI is InChI=1S/C24H25N5O3/c1-17-6-8-19(9-7-17)29-23-21(15-27-29)24(31)28(16-26-23)13-11-22(30)25-12-10-18-4-3-5-20(14-18)32-2/h3-9,14-16H,10-13H2,1-2H3,(H,25,30). The van der Waals surface area contributed by atoms with E-state index in [1.807, 2.05) is 55.5 Å². The number of amides is 1. The van der Waals surface area contributed by atoms with Gasteiger partial charge in [-0.05, 0) is 43.2 Å². The predicted molar refractivity (Wildman–Crippen MR) is 122 cm³/mol. The molecule has 0 atom stereocenters. The molecule has 1 N–H and O–H groups in total. The molecule has 1 amide bonds. The van der Waals surface area contributed by atoms with E-state index >= 15 is 0 Å². The highest BCUT2D eigenvalue weighted by Gasteiger charge is 2.12. The molecule has 0 saturated carbocycles. The first-order chi connectivity index (χ1) is 15.5. The molecule has 0 aliphatic rings. The molecule has 4 aromatic rings. The van der Waals surface area contributed by atoms with Gasteiger partial charge in [0.15, 0.2) is 5.65 Å². The van der Waals surface area contributed by atoms with Gasteiger partial charge in [-0.3, -0.25) is 14.2 Å². The lowest BCUT2D eigenvalue weighted by Crippen LogP contribution is -2.29. The highest BCUT2D eigenvalue weighted by molar-refractivity contribution is 5.76. The summed E-state index contributed by atoms with van der Waals surface area (Å²) in [5, 5.41) is 7.64. The molecule has 0 fully saturated rings. The summed E-state index contributed by atoms with van der Waals surface area (Å²) in [7, 11) is 1.63. The van der Waals surface area contributed by atoms with Crippen LogP contribution >= 0.6 is 0 Å². The number of methoxy groups -OCH3 is 1. The van der Waals surface area contributed by atoms with Crippen LogP contribution in [0, 0.1) is 6.92 Å². The molecule has 2 aromatic carbocycles. The number of rotatable bonds is 8. The topological polar surface area (TPSA) is 91.0 Å². The maximum Gasteiger partial charge on any atom is 0.264 e. The number of carbonyl (C=O) groups is 1. The third-order valence-electron chi connectivity index (χ3n) is 5.28. The summed E-state index contributed by atoms with van der Waals surface area (Å²) in [6, 6.07) is 15.6. The number of benzene rings is 2. The van der Waals surface area contributed by atoms with Crippen molar-refractivity contribution in [3.8, 4) is 11.4 Å². The second kappa shape index (κ2) is 9.47. The van der Waals surface area contributed by atoms with Crippen LogP contribution in [0.25, 0.3) is 16.7 Å². The summed E-state index contributed by atoms with van der Waals surface area (Å²) >= 11 is 0. The van der Waals surface area contributed by atoms with E-state index in [0.717, 1.165) is 22.6 Å². The molecule has 32 heavy (non-hydrogen) atoms. The van der Waals surface area contributed by atoms with Crippen LogP contribution in [0.4, 0.5) is 0 Å². The Morgan fingerprint density at radius 3 is 2.75 bits per heavy atom. The molecule has 8 heteroatoms. The summed E-state index contributed by atoms with van der Waals surface area (Å²) in [5.41, 5.74) is 3.35. The maximum absolute atomic E-state index is 12.8. The van der Waals surface area contributed by atoms with Crippen molar-refractivity contribution in [2.24, 2.45) is 0 Å². The number of fused-ring (bicyclic) bond motifs is 1. The van der Waals surface area contributed by atoms with Crippen molar-refractivity contribution in [1.82, 2.24) is 24.6 Å². The quantitative estimate of drug-likeness (QED) is 0.463. The van der Waals surface area contributed by atoms with E-state index in [9.17, 15) is 9.59 Å². The summed E-state index contributed by atoms with van der Waals surface area (Å²) < 4.78 is 8.31. The van der Waals surface area contributed by atoms with Crippen molar-refractivity contribution < 1.29 is 9.53 Å². The Bertz CT molecular complexity index is 1290. The van der Waals surface area contributed by atoms with Gasteiger partial charge >= 0.3 is 0 Å². The first kappa shape index (κ1) is 21.3. The van der Waals surface area contributed by atoms with Crippen LogP contribution in [0.1, 0.15) is 17.5 Å². The second-order valence-corrected chi connectivity index (χ2v) is 7.57. The van der Waals surface area contributed by atoms with Crippen molar-refractivity contribution in [2.75, 3.05) is 13.7 Å². The molecule has 0 radical (unpaired) electrons. The van der Waals surface area contributed by atoms with Crippen molar-refractivity contribution in [3.63, 3.8) is 0 Å². The fourth-order valence-electron chi connectivity index (χ4n) is 3.47. The Balaban J connectivity index is 1.37. The van der Waals surface area contributed by atoms with Crippen LogP contribution < -0.4 is 15.6 Å². The summed E-state index contributed by atoms with van der Waals surface area (Å²) in [4.78, 5) is 29.5. The Labute approximate surface area is 185 Å². The normalized spacial score (nSPS) is 10.9. The zero-order chi connectivity index (χ0) is 22.5. The number of nitrogens with one attached hydrogen (secondary N) is 1. The Morgan fingerprint density at radius 1 is 1.16 bits per heavy atom. The molecule has 0 aliphatic carbocycles. The van der Waals surface area contributed by atoms with E-state index in [1.54, 1.807) is 11.8 Å². The minimum absolute atomic E-state index is 0.116. The fourth-order valence-corrected chi connectivity index (χ4v) is 3.47. The molecule has 164 valence electrons. The SMILES string of the molecule is COc1cccc(CCNC(=O)CCn2cnc3c(cnn3-c3ccc(C)cc3)c2=O)c1. The van der Waals surface area contributed by atoms with Crippen LogP contribution in [0.5, 0.6) is 5.75 Å². The zero-order valence-corrected chi connectivity index (χ0v) is 18.1. The number of hydrogen-bond donors (Lipinski definition) is 1. The average molecular weight is 431 g/mol. The number of aromatic nitrogens is 4. The lowest BCUT2D eigenvalue weighted by molar-refractivity contribution is -0.121. The van der Waals surface area contributed by atoms with Gasteiger partial charge in [-0.15, -0.1) is 0 Å². The van der Waals surface area contributed by atoms with Crippen LogP contribution in [-0.2, 0) is 17.8 Å². The summed E-state index contributed by atoms with van der Waals surface area (Å²) in [6.45, 7) is 2.78. The number of aryl methyl sites for hydroxylation is 2. The largest absolute Gasteiger partial charge is 0.497 e. The van der Waals surface area contributed by atoms with E-state index in [1.165, 1.54) is 17.1 Å². The van der Waals surface area contributed by atoms with E-state index in [-0.39, 0.29) is 24.4 Å².